The summed E-state index contributed by atoms with van der Waals surface area (Å²) in [4.78, 5) is 11.7. The Hall–Kier alpha value is -4.30. The molecule has 8 heteroatoms. The van der Waals surface area contributed by atoms with Crippen molar-refractivity contribution in [1.29, 1.82) is 0 Å². The van der Waals surface area contributed by atoms with Crippen LogP contribution in [0.4, 0.5) is 0 Å². The zero-order valence-corrected chi connectivity index (χ0v) is 22.7. The Morgan fingerprint density at radius 3 is 2.08 bits per heavy atom. The van der Waals surface area contributed by atoms with Gasteiger partial charge in [0.15, 0.2) is 0 Å². The zero-order valence-electron chi connectivity index (χ0n) is 21.9. The number of hydrogen-bond acceptors (Lipinski definition) is 6. The summed E-state index contributed by atoms with van der Waals surface area (Å²) in [5, 5.41) is 19.3. The van der Waals surface area contributed by atoms with Crippen LogP contribution in [0.15, 0.2) is 101 Å². The molecule has 0 saturated carbocycles. The van der Waals surface area contributed by atoms with Crippen molar-refractivity contribution >= 4 is 15.8 Å². The van der Waals surface area contributed by atoms with E-state index in [1.54, 1.807) is 49.4 Å². The summed E-state index contributed by atoms with van der Waals surface area (Å²) >= 11 is 0. The molecule has 4 rings (SSSR count). The molecule has 0 unspecified atom stereocenters. The first kappa shape index (κ1) is 27.7. The van der Waals surface area contributed by atoms with Gasteiger partial charge >= 0.3 is 5.97 Å². The smallest absolute Gasteiger partial charge is 0.339 e. The zero-order chi connectivity index (χ0) is 28.2. The normalized spacial score (nSPS) is 11.7. The highest BCUT2D eigenvalue weighted by molar-refractivity contribution is 7.91. The van der Waals surface area contributed by atoms with Crippen molar-refractivity contribution in [2.24, 2.45) is 0 Å². The molecule has 0 heterocycles. The fourth-order valence-corrected chi connectivity index (χ4v) is 5.76. The SMILES string of the molecule is Cc1ccccc1S(=O)(=O)c1ccc(OCCOc2cccc(C(C)(C)c3ccc(C(=O)O)c(O)c3)c2)cc1. The Balaban J connectivity index is 1.36. The highest BCUT2D eigenvalue weighted by Crippen LogP contribution is 2.35. The minimum absolute atomic E-state index is 0.144. The van der Waals surface area contributed by atoms with E-state index in [9.17, 15) is 23.4 Å². The van der Waals surface area contributed by atoms with Gasteiger partial charge in [0.2, 0.25) is 9.84 Å². The van der Waals surface area contributed by atoms with Crippen molar-refractivity contribution in [3.63, 3.8) is 0 Å². The standard InChI is InChI=1S/C31H30O7S/c1-21-7-4-5-10-29(21)39(35,36)26-14-12-24(13-15-26)37-17-18-38-25-9-6-8-22(19-25)31(2,3)23-11-16-27(30(33)34)28(32)20-23/h4-16,19-20,32H,17-18H2,1-3H3,(H,33,34). The molecule has 0 amide bonds. The summed E-state index contributed by atoms with van der Waals surface area (Å²) in [6.45, 7) is 6.24. The van der Waals surface area contributed by atoms with Gasteiger partial charge in [-0.1, -0.05) is 50.2 Å². The van der Waals surface area contributed by atoms with Gasteiger partial charge in [-0.2, -0.15) is 0 Å². The molecule has 0 aliphatic carbocycles. The molecule has 0 atom stereocenters. The van der Waals surface area contributed by atoms with Gasteiger partial charge in [-0.05, 0) is 78.2 Å². The number of benzene rings is 4. The third kappa shape index (κ3) is 6.07. The monoisotopic (exact) mass is 546 g/mol. The fraction of sp³-hybridized carbons (Fsp3) is 0.194. The van der Waals surface area contributed by atoms with Crippen LogP contribution in [0.3, 0.4) is 0 Å². The van der Waals surface area contributed by atoms with Gasteiger partial charge in [0.1, 0.15) is 36.0 Å². The molecule has 0 saturated heterocycles. The average molecular weight is 547 g/mol. The highest BCUT2D eigenvalue weighted by atomic mass is 32.2. The molecular weight excluding hydrogens is 516 g/mol. The van der Waals surface area contributed by atoms with E-state index in [0.29, 0.717) is 17.1 Å². The quantitative estimate of drug-likeness (QED) is 0.234. The molecule has 4 aromatic rings. The third-order valence-electron chi connectivity index (χ3n) is 6.64. The Morgan fingerprint density at radius 1 is 0.795 bits per heavy atom. The lowest BCUT2D eigenvalue weighted by atomic mass is 9.78. The van der Waals surface area contributed by atoms with Gasteiger partial charge in [0.05, 0.1) is 9.79 Å². The van der Waals surface area contributed by atoms with Crippen LogP contribution < -0.4 is 9.47 Å². The number of aryl methyl sites for hydroxylation is 1. The van der Waals surface area contributed by atoms with E-state index in [1.807, 2.05) is 38.1 Å². The van der Waals surface area contributed by atoms with Gasteiger partial charge in [-0.3, -0.25) is 0 Å². The van der Waals surface area contributed by atoms with Gasteiger partial charge in [0.25, 0.3) is 0 Å². The lowest BCUT2D eigenvalue weighted by Crippen LogP contribution is -2.19. The topological polar surface area (TPSA) is 110 Å². The van der Waals surface area contributed by atoms with E-state index in [2.05, 4.69) is 0 Å². The van der Waals surface area contributed by atoms with Crippen LogP contribution in [-0.2, 0) is 15.3 Å². The van der Waals surface area contributed by atoms with E-state index in [-0.39, 0.29) is 34.3 Å². The lowest BCUT2D eigenvalue weighted by molar-refractivity contribution is 0.0693. The maximum Gasteiger partial charge on any atom is 0.339 e. The number of carboxylic acid groups (broad SMARTS) is 1. The Kier molecular flexibility index (Phi) is 7.97. The van der Waals surface area contributed by atoms with Crippen LogP contribution in [0.5, 0.6) is 17.2 Å². The minimum Gasteiger partial charge on any atom is -0.507 e. The Labute approximate surface area is 228 Å². The number of aromatic carboxylic acids is 1. The molecular formula is C31H30O7S. The van der Waals surface area contributed by atoms with Crippen LogP contribution in [0.1, 0.15) is 40.9 Å². The summed E-state index contributed by atoms with van der Waals surface area (Å²) in [6, 6.07) is 25.3. The molecule has 0 radical (unpaired) electrons. The molecule has 7 nitrogen and oxygen atoms in total. The molecule has 0 aromatic heterocycles. The lowest BCUT2D eigenvalue weighted by Gasteiger charge is -2.27. The van der Waals surface area contributed by atoms with Crippen LogP contribution in [0.2, 0.25) is 0 Å². The predicted octanol–water partition coefficient (Wildman–Crippen LogP) is 6.02. The van der Waals surface area contributed by atoms with E-state index in [1.165, 1.54) is 24.3 Å². The van der Waals surface area contributed by atoms with E-state index >= 15 is 0 Å². The largest absolute Gasteiger partial charge is 0.507 e. The average Bonchev–Trinajstić information content (AvgIpc) is 2.91. The molecule has 0 fully saturated rings. The van der Waals surface area contributed by atoms with E-state index < -0.39 is 21.2 Å². The van der Waals surface area contributed by atoms with Crippen molar-refractivity contribution in [3.8, 4) is 17.2 Å². The summed E-state index contributed by atoms with van der Waals surface area (Å²) < 4.78 is 37.5. The van der Waals surface area contributed by atoms with Crippen LogP contribution in [-0.4, -0.2) is 37.8 Å². The molecule has 0 aliphatic heterocycles. The van der Waals surface area contributed by atoms with Crippen LogP contribution >= 0.6 is 0 Å². The van der Waals surface area contributed by atoms with Crippen molar-refractivity contribution in [2.75, 3.05) is 13.2 Å². The second-order valence-electron chi connectivity index (χ2n) is 9.63. The van der Waals surface area contributed by atoms with Crippen molar-refractivity contribution in [1.82, 2.24) is 0 Å². The van der Waals surface area contributed by atoms with Crippen molar-refractivity contribution < 1.29 is 32.9 Å². The van der Waals surface area contributed by atoms with Gasteiger partial charge in [-0.15, -0.1) is 0 Å². The molecule has 0 bridgehead atoms. The number of aromatic hydroxyl groups is 1. The predicted molar refractivity (Wildman–Crippen MR) is 148 cm³/mol. The highest BCUT2D eigenvalue weighted by Gasteiger charge is 2.25. The fourth-order valence-electron chi connectivity index (χ4n) is 4.26. The Morgan fingerprint density at radius 2 is 1.44 bits per heavy atom. The van der Waals surface area contributed by atoms with Gasteiger partial charge < -0.3 is 19.7 Å². The molecule has 4 aromatic carbocycles. The first-order valence-electron chi connectivity index (χ1n) is 12.3. The second-order valence-corrected chi connectivity index (χ2v) is 11.5. The number of sulfone groups is 1. The van der Waals surface area contributed by atoms with E-state index in [4.69, 9.17) is 9.47 Å². The number of phenols is 1. The van der Waals surface area contributed by atoms with Gasteiger partial charge in [-0.25, -0.2) is 13.2 Å². The molecule has 202 valence electrons. The van der Waals surface area contributed by atoms with Crippen LogP contribution in [0, 0.1) is 6.92 Å². The summed E-state index contributed by atoms with van der Waals surface area (Å²) in [7, 11) is -3.61. The van der Waals surface area contributed by atoms with Crippen molar-refractivity contribution in [3.05, 3.63) is 113 Å². The summed E-state index contributed by atoms with van der Waals surface area (Å²) in [6.07, 6.45) is 0. The number of carbonyl (C=O) groups is 1. The molecule has 0 aliphatic rings. The number of carboxylic acids is 1. The number of rotatable bonds is 10. The Bertz CT molecular complexity index is 1590. The molecule has 39 heavy (non-hydrogen) atoms. The molecule has 0 spiro atoms. The van der Waals surface area contributed by atoms with E-state index in [0.717, 1.165) is 11.1 Å². The number of hydrogen-bond donors (Lipinski definition) is 2. The molecule has 2 N–H and O–H groups in total. The number of ether oxygens (including phenoxy) is 2. The van der Waals surface area contributed by atoms with Crippen LogP contribution in [0.25, 0.3) is 0 Å². The second kappa shape index (κ2) is 11.2. The summed E-state index contributed by atoms with van der Waals surface area (Å²) in [5.41, 5.74) is 1.71. The first-order valence-corrected chi connectivity index (χ1v) is 13.8. The maximum absolute atomic E-state index is 12.9. The third-order valence-corrected chi connectivity index (χ3v) is 8.57. The first-order chi connectivity index (χ1) is 18.5. The summed E-state index contributed by atoms with van der Waals surface area (Å²) in [5.74, 6) is -0.298. The van der Waals surface area contributed by atoms with Gasteiger partial charge in [0, 0.05) is 5.41 Å². The minimum atomic E-state index is -3.61. The maximum atomic E-state index is 12.9. The van der Waals surface area contributed by atoms with Crippen molar-refractivity contribution in [2.45, 2.75) is 36.0 Å².